The van der Waals surface area contributed by atoms with Gasteiger partial charge in [0.1, 0.15) is 0 Å². The molecule has 0 radical (unpaired) electrons. The van der Waals surface area contributed by atoms with Gasteiger partial charge in [-0.2, -0.15) is 0 Å². The van der Waals surface area contributed by atoms with Crippen LogP contribution in [-0.2, 0) is 4.79 Å². The first kappa shape index (κ1) is 15.3. The van der Waals surface area contributed by atoms with Gasteiger partial charge in [-0.25, -0.2) is 0 Å². The number of rotatable bonds is 8. The Hall–Kier alpha value is -0.680. The topological polar surface area (TPSA) is 58.4 Å². The SMILES string of the molecule is CCCN(CC(=O)NC(C)CC)CC(N)=S. The highest BCUT2D eigenvalue weighted by atomic mass is 32.1. The fourth-order valence-electron chi connectivity index (χ4n) is 1.38. The van der Waals surface area contributed by atoms with E-state index in [-0.39, 0.29) is 11.9 Å². The molecule has 1 amide bonds. The molecule has 4 nitrogen and oxygen atoms in total. The van der Waals surface area contributed by atoms with Crippen molar-refractivity contribution >= 4 is 23.1 Å². The van der Waals surface area contributed by atoms with Gasteiger partial charge in [0, 0.05) is 12.6 Å². The van der Waals surface area contributed by atoms with Gasteiger partial charge in [-0.3, -0.25) is 9.69 Å². The number of nitrogens with zero attached hydrogens (tertiary/aromatic N) is 1. The predicted molar refractivity (Wildman–Crippen MR) is 71.4 cm³/mol. The van der Waals surface area contributed by atoms with Crippen molar-refractivity contribution in [2.75, 3.05) is 19.6 Å². The molecule has 0 aromatic carbocycles. The molecule has 3 N–H and O–H groups in total. The van der Waals surface area contributed by atoms with Crippen molar-refractivity contribution in [3.8, 4) is 0 Å². The highest BCUT2D eigenvalue weighted by Crippen LogP contribution is 1.93. The monoisotopic (exact) mass is 245 g/mol. The van der Waals surface area contributed by atoms with Crippen LogP contribution in [0.3, 0.4) is 0 Å². The molecule has 1 unspecified atom stereocenters. The van der Waals surface area contributed by atoms with Crippen LogP contribution in [0.25, 0.3) is 0 Å². The summed E-state index contributed by atoms with van der Waals surface area (Å²) in [5.41, 5.74) is 5.48. The Morgan fingerprint density at radius 1 is 1.44 bits per heavy atom. The molecule has 5 heteroatoms. The summed E-state index contributed by atoms with van der Waals surface area (Å²) in [7, 11) is 0. The molecule has 0 saturated heterocycles. The van der Waals surface area contributed by atoms with Crippen molar-refractivity contribution in [1.29, 1.82) is 0 Å². The lowest BCUT2D eigenvalue weighted by Gasteiger charge is -2.21. The Kier molecular flexibility index (Phi) is 8.11. The van der Waals surface area contributed by atoms with Crippen molar-refractivity contribution in [3.05, 3.63) is 0 Å². The lowest BCUT2D eigenvalue weighted by Crippen LogP contribution is -2.43. The Labute approximate surface area is 104 Å². The van der Waals surface area contributed by atoms with Crippen LogP contribution in [0, 0.1) is 0 Å². The van der Waals surface area contributed by atoms with Crippen molar-refractivity contribution in [3.63, 3.8) is 0 Å². The molecule has 0 bridgehead atoms. The number of hydrogen-bond acceptors (Lipinski definition) is 3. The number of carbonyl (C=O) groups is 1. The van der Waals surface area contributed by atoms with Crippen LogP contribution in [0.15, 0.2) is 0 Å². The van der Waals surface area contributed by atoms with Crippen LogP contribution in [0.1, 0.15) is 33.6 Å². The fourth-order valence-corrected chi connectivity index (χ4v) is 1.56. The number of thiocarbonyl (C=S) groups is 1. The van der Waals surface area contributed by atoms with Gasteiger partial charge >= 0.3 is 0 Å². The van der Waals surface area contributed by atoms with Crippen LogP contribution < -0.4 is 11.1 Å². The van der Waals surface area contributed by atoms with E-state index in [0.717, 1.165) is 19.4 Å². The third kappa shape index (κ3) is 7.59. The van der Waals surface area contributed by atoms with Gasteiger partial charge in [-0.1, -0.05) is 26.1 Å². The highest BCUT2D eigenvalue weighted by Gasteiger charge is 2.12. The number of hydrogen-bond donors (Lipinski definition) is 2. The molecule has 0 aliphatic heterocycles. The molecule has 0 spiro atoms. The van der Waals surface area contributed by atoms with Gasteiger partial charge < -0.3 is 11.1 Å². The number of carbonyl (C=O) groups excluding carboxylic acids is 1. The second-order valence-electron chi connectivity index (χ2n) is 4.05. The van der Waals surface area contributed by atoms with Gasteiger partial charge in [0.2, 0.25) is 5.91 Å². The maximum Gasteiger partial charge on any atom is 0.234 e. The average molecular weight is 245 g/mol. The van der Waals surface area contributed by atoms with Gasteiger partial charge in [0.15, 0.2) is 0 Å². The molecule has 0 saturated carbocycles. The van der Waals surface area contributed by atoms with E-state index >= 15 is 0 Å². The molecule has 94 valence electrons. The lowest BCUT2D eigenvalue weighted by molar-refractivity contribution is -0.122. The fraction of sp³-hybridized carbons (Fsp3) is 0.818. The highest BCUT2D eigenvalue weighted by molar-refractivity contribution is 7.80. The second-order valence-corrected chi connectivity index (χ2v) is 4.58. The Morgan fingerprint density at radius 3 is 2.50 bits per heavy atom. The Bertz CT molecular complexity index is 233. The predicted octanol–water partition coefficient (Wildman–Crippen LogP) is 0.899. The largest absolute Gasteiger partial charge is 0.392 e. The zero-order chi connectivity index (χ0) is 12.6. The van der Waals surface area contributed by atoms with Crippen LogP contribution in [0.4, 0.5) is 0 Å². The minimum absolute atomic E-state index is 0.0408. The lowest BCUT2D eigenvalue weighted by atomic mass is 10.2. The molecule has 0 fully saturated rings. The first-order chi connectivity index (χ1) is 7.49. The summed E-state index contributed by atoms with van der Waals surface area (Å²) in [5, 5.41) is 2.93. The summed E-state index contributed by atoms with van der Waals surface area (Å²) < 4.78 is 0. The van der Waals surface area contributed by atoms with Crippen LogP contribution in [0.5, 0.6) is 0 Å². The van der Waals surface area contributed by atoms with Crippen molar-refractivity contribution in [1.82, 2.24) is 10.2 Å². The summed E-state index contributed by atoms with van der Waals surface area (Å²) in [4.78, 5) is 14.0. The molecular weight excluding hydrogens is 222 g/mol. The molecule has 0 heterocycles. The Morgan fingerprint density at radius 2 is 2.06 bits per heavy atom. The molecule has 0 aliphatic rings. The van der Waals surface area contributed by atoms with Gasteiger partial charge in [0.25, 0.3) is 0 Å². The van der Waals surface area contributed by atoms with Crippen LogP contribution in [-0.4, -0.2) is 41.5 Å². The van der Waals surface area contributed by atoms with Crippen molar-refractivity contribution in [2.24, 2.45) is 5.73 Å². The van der Waals surface area contributed by atoms with E-state index in [4.69, 9.17) is 18.0 Å². The van der Waals surface area contributed by atoms with Crippen LogP contribution >= 0.6 is 12.2 Å². The third-order valence-corrected chi connectivity index (χ3v) is 2.44. The molecule has 0 rings (SSSR count). The average Bonchev–Trinajstić information content (AvgIpc) is 2.16. The first-order valence-corrected chi connectivity index (χ1v) is 6.20. The maximum absolute atomic E-state index is 11.6. The molecule has 16 heavy (non-hydrogen) atoms. The van der Waals surface area contributed by atoms with E-state index in [2.05, 4.69) is 12.2 Å². The standard InChI is InChI=1S/C11H23N3OS/c1-4-6-14(7-10(12)16)8-11(15)13-9(3)5-2/h9H,4-8H2,1-3H3,(H2,12,16)(H,13,15). The van der Waals surface area contributed by atoms with E-state index in [0.29, 0.717) is 18.1 Å². The molecule has 0 aliphatic carbocycles. The molecule has 1 atom stereocenters. The third-order valence-electron chi connectivity index (χ3n) is 2.31. The van der Waals surface area contributed by atoms with E-state index in [1.807, 2.05) is 18.7 Å². The van der Waals surface area contributed by atoms with E-state index in [1.165, 1.54) is 0 Å². The normalized spacial score (nSPS) is 12.5. The van der Waals surface area contributed by atoms with Gasteiger partial charge in [-0.05, 0) is 26.3 Å². The van der Waals surface area contributed by atoms with Gasteiger partial charge in [0.05, 0.1) is 11.5 Å². The zero-order valence-electron chi connectivity index (χ0n) is 10.5. The molecule has 0 aromatic heterocycles. The van der Waals surface area contributed by atoms with Crippen molar-refractivity contribution in [2.45, 2.75) is 39.7 Å². The number of amides is 1. The van der Waals surface area contributed by atoms with E-state index in [9.17, 15) is 4.79 Å². The van der Waals surface area contributed by atoms with E-state index < -0.39 is 0 Å². The van der Waals surface area contributed by atoms with E-state index in [1.54, 1.807) is 0 Å². The summed E-state index contributed by atoms with van der Waals surface area (Å²) >= 11 is 4.85. The Balaban J connectivity index is 4.06. The summed E-state index contributed by atoms with van der Waals surface area (Å²) in [6.07, 6.45) is 1.92. The summed E-state index contributed by atoms with van der Waals surface area (Å²) in [6.45, 7) is 7.83. The van der Waals surface area contributed by atoms with Crippen LogP contribution in [0.2, 0.25) is 0 Å². The van der Waals surface area contributed by atoms with Gasteiger partial charge in [-0.15, -0.1) is 0 Å². The minimum Gasteiger partial charge on any atom is -0.392 e. The zero-order valence-corrected chi connectivity index (χ0v) is 11.3. The number of nitrogens with two attached hydrogens (primary N) is 1. The van der Waals surface area contributed by atoms with Crippen molar-refractivity contribution < 1.29 is 4.79 Å². The minimum atomic E-state index is 0.0408. The summed E-state index contributed by atoms with van der Waals surface area (Å²) in [5.74, 6) is 0.0408. The maximum atomic E-state index is 11.6. The molecule has 0 aromatic rings. The molecular formula is C11H23N3OS. The summed E-state index contributed by atoms with van der Waals surface area (Å²) in [6, 6.07) is 0.223. The first-order valence-electron chi connectivity index (χ1n) is 5.79. The quantitative estimate of drug-likeness (QED) is 0.624. The number of nitrogens with one attached hydrogen (secondary N) is 1. The second kappa shape index (κ2) is 8.47. The smallest absolute Gasteiger partial charge is 0.234 e.